The number of sulfonamides is 1. The zero-order valence-corrected chi connectivity index (χ0v) is 10.9. The van der Waals surface area contributed by atoms with E-state index in [-0.39, 0.29) is 16.6 Å². The van der Waals surface area contributed by atoms with Crippen molar-refractivity contribution >= 4 is 16.0 Å². The average Bonchev–Trinajstić information content (AvgIpc) is 3.02. The Morgan fingerprint density at radius 3 is 2.72 bits per heavy atom. The molecule has 1 atom stereocenters. The zero-order valence-electron chi connectivity index (χ0n) is 10.1. The maximum Gasteiger partial charge on any atom is 0.340 e. The van der Waals surface area contributed by atoms with Crippen LogP contribution in [0, 0.1) is 5.92 Å². The van der Waals surface area contributed by atoms with Gasteiger partial charge in [0.15, 0.2) is 5.03 Å². The van der Waals surface area contributed by atoms with Crippen molar-refractivity contribution in [2.75, 3.05) is 7.05 Å². The summed E-state index contributed by atoms with van der Waals surface area (Å²) in [6, 6.07) is -0.139. The fourth-order valence-electron chi connectivity index (χ4n) is 1.86. The largest absolute Gasteiger partial charge is 0.478 e. The molecule has 1 fully saturated rings. The van der Waals surface area contributed by atoms with Gasteiger partial charge in [-0.05, 0) is 25.7 Å². The number of nitrogens with zero attached hydrogens (tertiary/aromatic N) is 2. The van der Waals surface area contributed by atoms with Crippen LogP contribution in [0.5, 0.6) is 0 Å². The average molecular weight is 273 g/mol. The molecule has 18 heavy (non-hydrogen) atoms. The Hall–Kier alpha value is -1.41. The van der Waals surface area contributed by atoms with E-state index in [9.17, 15) is 13.2 Å². The van der Waals surface area contributed by atoms with Crippen LogP contribution in [0.2, 0.25) is 0 Å². The van der Waals surface area contributed by atoms with Crippen molar-refractivity contribution < 1.29 is 18.3 Å². The normalized spacial score (nSPS) is 17.9. The molecule has 8 heteroatoms. The minimum absolute atomic E-state index is 0.139. The van der Waals surface area contributed by atoms with E-state index in [1.54, 1.807) is 0 Å². The highest BCUT2D eigenvalue weighted by atomic mass is 32.2. The van der Waals surface area contributed by atoms with Gasteiger partial charge in [-0.15, -0.1) is 0 Å². The first-order chi connectivity index (χ1) is 8.35. The molecule has 1 aliphatic carbocycles. The first-order valence-electron chi connectivity index (χ1n) is 5.60. The lowest BCUT2D eigenvalue weighted by molar-refractivity contribution is 0.0692. The number of aromatic amines is 1. The number of aromatic nitrogens is 2. The van der Waals surface area contributed by atoms with Gasteiger partial charge < -0.3 is 5.11 Å². The van der Waals surface area contributed by atoms with Crippen LogP contribution in [0.1, 0.15) is 30.1 Å². The van der Waals surface area contributed by atoms with Crippen molar-refractivity contribution in [3.8, 4) is 0 Å². The molecule has 1 aromatic rings. The van der Waals surface area contributed by atoms with E-state index in [1.165, 1.54) is 11.4 Å². The van der Waals surface area contributed by atoms with E-state index in [1.807, 2.05) is 6.92 Å². The van der Waals surface area contributed by atoms with Gasteiger partial charge in [-0.2, -0.15) is 9.40 Å². The Kier molecular flexibility index (Phi) is 3.16. The Bertz CT molecular complexity index is 561. The number of carboxylic acids is 1. The molecule has 1 aromatic heterocycles. The molecule has 0 aliphatic heterocycles. The lowest BCUT2D eigenvalue weighted by atomic mass is 10.2. The Labute approximate surface area is 105 Å². The zero-order chi connectivity index (χ0) is 13.5. The number of carbonyl (C=O) groups is 1. The molecule has 0 spiro atoms. The molecule has 2 N–H and O–H groups in total. The summed E-state index contributed by atoms with van der Waals surface area (Å²) in [5.74, 6) is -0.948. The maximum absolute atomic E-state index is 12.3. The molecule has 0 aromatic carbocycles. The van der Waals surface area contributed by atoms with Gasteiger partial charge in [-0.25, -0.2) is 13.2 Å². The number of aromatic carboxylic acids is 1. The Morgan fingerprint density at radius 2 is 2.22 bits per heavy atom. The molecular formula is C10H15N3O4S. The van der Waals surface area contributed by atoms with Gasteiger partial charge in [0, 0.05) is 13.1 Å². The minimum Gasteiger partial charge on any atom is -0.478 e. The molecule has 1 unspecified atom stereocenters. The van der Waals surface area contributed by atoms with Crippen molar-refractivity contribution in [3.63, 3.8) is 0 Å². The van der Waals surface area contributed by atoms with Crippen molar-refractivity contribution in [3.05, 3.63) is 11.8 Å². The molecule has 100 valence electrons. The number of hydrogen-bond acceptors (Lipinski definition) is 4. The van der Waals surface area contributed by atoms with Gasteiger partial charge in [0.1, 0.15) is 5.56 Å². The van der Waals surface area contributed by atoms with Crippen molar-refractivity contribution in [2.24, 2.45) is 5.92 Å². The molecule has 7 nitrogen and oxygen atoms in total. The number of H-pyrrole nitrogens is 1. The highest BCUT2D eigenvalue weighted by Crippen LogP contribution is 2.36. The molecular weight excluding hydrogens is 258 g/mol. The monoisotopic (exact) mass is 273 g/mol. The molecule has 1 heterocycles. The SMILES string of the molecule is CC(C1CC1)N(C)S(=O)(=O)c1[nH]ncc1C(=O)O. The van der Waals surface area contributed by atoms with E-state index in [0.29, 0.717) is 5.92 Å². The quantitative estimate of drug-likeness (QED) is 0.814. The van der Waals surface area contributed by atoms with Crippen LogP contribution in [0.3, 0.4) is 0 Å². The molecule has 1 saturated carbocycles. The third-order valence-corrected chi connectivity index (χ3v) is 5.27. The lowest BCUT2D eigenvalue weighted by Gasteiger charge is -2.23. The summed E-state index contributed by atoms with van der Waals surface area (Å²) in [5, 5.41) is 14.3. The predicted molar refractivity (Wildman–Crippen MR) is 62.7 cm³/mol. The van der Waals surface area contributed by atoms with Crippen LogP contribution in [0.25, 0.3) is 0 Å². The fraction of sp³-hybridized carbons (Fsp3) is 0.600. The van der Waals surface area contributed by atoms with Gasteiger partial charge in [0.05, 0.1) is 6.20 Å². The van der Waals surface area contributed by atoms with E-state index in [4.69, 9.17) is 5.11 Å². The van der Waals surface area contributed by atoms with Crippen molar-refractivity contribution in [2.45, 2.75) is 30.8 Å². The summed E-state index contributed by atoms with van der Waals surface area (Å²) in [7, 11) is -2.38. The van der Waals surface area contributed by atoms with Crippen LogP contribution < -0.4 is 0 Å². The van der Waals surface area contributed by atoms with Gasteiger partial charge in [0.2, 0.25) is 0 Å². The van der Waals surface area contributed by atoms with E-state index >= 15 is 0 Å². The smallest absolute Gasteiger partial charge is 0.340 e. The van der Waals surface area contributed by atoms with Gasteiger partial charge in [0.25, 0.3) is 10.0 Å². The second-order valence-electron chi connectivity index (χ2n) is 4.52. The lowest BCUT2D eigenvalue weighted by Crippen LogP contribution is -2.37. The van der Waals surface area contributed by atoms with E-state index in [0.717, 1.165) is 19.0 Å². The molecule has 1 aliphatic rings. The molecule has 0 saturated heterocycles. The summed E-state index contributed by atoms with van der Waals surface area (Å²) in [4.78, 5) is 10.9. The molecule has 0 bridgehead atoms. The number of rotatable bonds is 5. The van der Waals surface area contributed by atoms with Crippen molar-refractivity contribution in [1.29, 1.82) is 0 Å². The third-order valence-electron chi connectivity index (χ3n) is 3.35. The third kappa shape index (κ3) is 2.13. The topological polar surface area (TPSA) is 103 Å². The van der Waals surface area contributed by atoms with Crippen LogP contribution in [0.15, 0.2) is 11.2 Å². The molecule has 0 radical (unpaired) electrons. The van der Waals surface area contributed by atoms with Crippen LogP contribution in [-0.4, -0.2) is 47.1 Å². The highest BCUT2D eigenvalue weighted by molar-refractivity contribution is 7.89. The maximum atomic E-state index is 12.3. The summed E-state index contributed by atoms with van der Waals surface area (Å²) in [6.45, 7) is 1.83. The van der Waals surface area contributed by atoms with Crippen molar-refractivity contribution in [1.82, 2.24) is 14.5 Å². The number of carboxylic acid groups (broad SMARTS) is 1. The first kappa shape index (κ1) is 13.0. The second-order valence-corrected chi connectivity index (χ2v) is 6.45. The standard InChI is InChI=1S/C10H15N3O4S/c1-6(7-3-4-7)13(2)18(16,17)9-8(10(14)15)5-11-12-9/h5-7H,3-4H2,1-2H3,(H,11,12)(H,14,15). The van der Waals surface area contributed by atoms with Crippen LogP contribution in [0.4, 0.5) is 0 Å². The Morgan fingerprint density at radius 1 is 1.61 bits per heavy atom. The van der Waals surface area contributed by atoms with Crippen LogP contribution >= 0.6 is 0 Å². The first-order valence-corrected chi connectivity index (χ1v) is 7.04. The summed E-state index contributed by atoms with van der Waals surface area (Å²) in [5.41, 5.74) is -0.329. The molecule has 0 amide bonds. The second kappa shape index (κ2) is 4.36. The Balaban J connectivity index is 2.35. The number of nitrogens with one attached hydrogen (secondary N) is 1. The summed E-state index contributed by atoms with van der Waals surface area (Å²) >= 11 is 0. The summed E-state index contributed by atoms with van der Waals surface area (Å²) < 4.78 is 25.8. The van der Waals surface area contributed by atoms with E-state index in [2.05, 4.69) is 10.2 Å². The van der Waals surface area contributed by atoms with Crippen LogP contribution in [-0.2, 0) is 10.0 Å². The fourth-order valence-corrected chi connectivity index (χ4v) is 3.35. The van der Waals surface area contributed by atoms with Gasteiger partial charge >= 0.3 is 5.97 Å². The minimum atomic E-state index is -3.84. The van der Waals surface area contributed by atoms with Gasteiger partial charge in [-0.3, -0.25) is 5.10 Å². The highest BCUT2D eigenvalue weighted by Gasteiger charge is 2.38. The number of hydrogen-bond donors (Lipinski definition) is 2. The van der Waals surface area contributed by atoms with E-state index < -0.39 is 16.0 Å². The molecule has 2 rings (SSSR count). The summed E-state index contributed by atoms with van der Waals surface area (Å²) in [6.07, 6.45) is 3.02. The van der Waals surface area contributed by atoms with Gasteiger partial charge in [-0.1, -0.05) is 0 Å². The predicted octanol–water partition coefficient (Wildman–Crippen LogP) is 0.527.